The molecular formula is C16H15ClN2O. The lowest BCUT2D eigenvalue weighted by atomic mass is 9.98. The van der Waals surface area contributed by atoms with E-state index >= 15 is 0 Å². The fraction of sp³-hybridized carbons (Fsp3) is 0.125. The van der Waals surface area contributed by atoms with Crippen LogP contribution in [0.4, 0.5) is 0 Å². The molecule has 0 aliphatic heterocycles. The number of pyridine rings is 1. The summed E-state index contributed by atoms with van der Waals surface area (Å²) < 4.78 is 0. The summed E-state index contributed by atoms with van der Waals surface area (Å²) in [6, 6.07) is 11.1. The van der Waals surface area contributed by atoms with Gasteiger partial charge in [-0.1, -0.05) is 30.3 Å². The van der Waals surface area contributed by atoms with Crippen LogP contribution in [0.15, 0.2) is 61.4 Å². The second-order valence-corrected chi connectivity index (χ2v) is 4.82. The number of amides is 1. The SMILES string of the molecule is C=CC(=O)N(C)C(c1ccncc1)c1ccc(Cl)cc1. The Morgan fingerprint density at radius 1 is 1.20 bits per heavy atom. The van der Waals surface area contributed by atoms with Gasteiger partial charge in [-0.25, -0.2) is 0 Å². The van der Waals surface area contributed by atoms with Crippen LogP contribution >= 0.6 is 11.6 Å². The van der Waals surface area contributed by atoms with E-state index in [-0.39, 0.29) is 11.9 Å². The summed E-state index contributed by atoms with van der Waals surface area (Å²) in [5, 5.41) is 0.667. The normalized spacial score (nSPS) is 11.7. The number of nitrogens with zero attached hydrogens (tertiary/aromatic N) is 2. The molecule has 102 valence electrons. The second-order valence-electron chi connectivity index (χ2n) is 4.39. The molecule has 0 radical (unpaired) electrons. The third-order valence-corrected chi connectivity index (χ3v) is 3.37. The fourth-order valence-electron chi connectivity index (χ4n) is 2.10. The minimum absolute atomic E-state index is 0.137. The lowest BCUT2D eigenvalue weighted by molar-refractivity contribution is -0.126. The van der Waals surface area contributed by atoms with E-state index < -0.39 is 0 Å². The molecule has 0 bridgehead atoms. The molecule has 4 heteroatoms. The van der Waals surface area contributed by atoms with Crippen LogP contribution in [0.25, 0.3) is 0 Å². The molecule has 1 unspecified atom stereocenters. The van der Waals surface area contributed by atoms with Gasteiger partial charge in [-0.3, -0.25) is 9.78 Å². The first-order chi connectivity index (χ1) is 9.63. The number of likely N-dealkylation sites (N-methyl/N-ethyl adjacent to an activating group) is 1. The molecule has 0 saturated heterocycles. The lowest BCUT2D eigenvalue weighted by Crippen LogP contribution is -2.30. The molecule has 2 rings (SSSR count). The zero-order chi connectivity index (χ0) is 14.5. The van der Waals surface area contributed by atoms with Crippen LogP contribution in [-0.4, -0.2) is 22.8 Å². The van der Waals surface area contributed by atoms with Crippen molar-refractivity contribution in [2.45, 2.75) is 6.04 Å². The molecule has 1 aromatic heterocycles. The van der Waals surface area contributed by atoms with Crippen molar-refractivity contribution < 1.29 is 4.79 Å². The second kappa shape index (κ2) is 6.35. The number of halogens is 1. The van der Waals surface area contributed by atoms with Crippen molar-refractivity contribution in [3.05, 3.63) is 77.6 Å². The average Bonchev–Trinajstić information content (AvgIpc) is 2.49. The van der Waals surface area contributed by atoms with Crippen molar-refractivity contribution in [2.24, 2.45) is 0 Å². The summed E-state index contributed by atoms with van der Waals surface area (Å²) >= 11 is 5.93. The Bertz CT molecular complexity index is 596. The molecule has 0 N–H and O–H groups in total. The number of carbonyl (C=O) groups excluding carboxylic acids is 1. The Morgan fingerprint density at radius 3 is 2.30 bits per heavy atom. The predicted molar refractivity (Wildman–Crippen MR) is 80.5 cm³/mol. The number of carbonyl (C=O) groups is 1. The van der Waals surface area contributed by atoms with Crippen LogP contribution in [0.5, 0.6) is 0 Å². The zero-order valence-corrected chi connectivity index (χ0v) is 11.9. The van der Waals surface area contributed by atoms with Gasteiger partial charge in [0.1, 0.15) is 0 Å². The molecule has 0 spiro atoms. The van der Waals surface area contributed by atoms with Crippen molar-refractivity contribution in [1.82, 2.24) is 9.88 Å². The van der Waals surface area contributed by atoms with E-state index in [1.807, 2.05) is 36.4 Å². The summed E-state index contributed by atoms with van der Waals surface area (Å²) in [4.78, 5) is 17.6. The van der Waals surface area contributed by atoms with Crippen molar-refractivity contribution in [3.63, 3.8) is 0 Å². The van der Waals surface area contributed by atoms with Crippen LogP contribution in [0.3, 0.4) is 0 Å². The molecule has 20 heavy (non-hydrogen) atoms. The molecule has 0 aliphatic carbocycles. The van der Waals surface area contributed by atoms with Crippen LogP contribution < -0.4 is 0 Å². The highest BCUT2D eigenvalue weighted by molar-refractivity contribution is 6.30. The minimum Gasteiger partial charge on any atom is -0.331 e. The monoisotopic (exact) mass is 286 g/mol. The minimum atomic E-state index is -0.194. The van der Waals surface area contributed by atoms with Gasteiger partial charge < -0.3 is 4.90 Å². The first-order valence-electron chi connectivity index (χ1n) is 6.18. The number of rotatable bonds is 4. The summed E-state index contributed by atoms with van der Waals surface area (Å²) in [7, 11) is 1.75. The quantitative estimate of drug-likeness (QED) is 0.806. The van der Waals surface area contributed by atoms with E-state index in [0.717, 1.165) is 11.1 Å². The largest absolute Gasteiger partial charge is 0.331 e. The standard InChI is InChI=1S/C16H15ClN2O/c1-3-15(20)19(2)16(13-8-10-18-11-9-13)12-4-6-14(17)7-5-12/h3-11,16H,1H2,2H3. The van der Waals surface area contributed by atoms with E-state index in [9.17, 15) is 4.79 Å². The maximum absolute atomic E-state index is 11.9. The molecule has 3 nitrogen and oxygen atoms in total. The van der Waals surface area contributed by atoms with Gasteiger partial charge in [0, 0.05) is 24.5 Å². The van der Waals surface area contributed by atoms with Crippen LogP contribution in [-0.2, 0) is 4.79 Å². The van der Waals surface area contributed by atoms with E-state index in [4.69, 9.17) is 11.6 Å². The van der Waals surface area contributed by atoms with E-state index in [1.165, 1.54) is 6.08 Å². The van der Waals surface area contributed by atoms with Crippen molar-refractivity contribution in [3.8, 4) is 0 Å². The van der Waals surface area contributed by atoms with Gasteiger partial charge in [-0.15, -0.1) is 0 Å². The molecule has 1 atom stereocenters. The van der Waals surface area contributed by atoms with Gasteiger partial charge in [0.05, 0.1) is 6.04 Å². The number of hydrogen-bond acceptors (Lipinski definition) is 2. The Morgan fingerprint density at radius 2 is 1.75 bits per heavy atom. The number of benzene rings is 1. The van der Waals surface area contributed by atoms with Gasteiger partial charge in [0.25, 0.3) is 0 Å². The van der Waals surface area contributed by atoms with Crippen molar-refractivity contribution >= 4 is 17.5 Å². The molecule has 0 fully saturated rings. The van der Waals surface area contributed by atoms with Gasteiger partial charge in [-0.2, -0.15) is 0 Å². The van der Waals surface area contributed by atoms with E-state index in [0.29, 0.717) is 5.02 Å². The smallest absolute Gasteiger partial charge is 0.246 e. The maximum Gasteiger partial charge on any atom is 0.246 e. The molecule has 1 aromatic carbocycles. The van der Waals surface area contributed by atoms with Gasteiger partial charge in [0.2, 0.25) is 5.91 Å². The third-order valence-electron chi connectivity index (χ3n) is 3.12. The Kier molecular flexibility index (Phi) is 4.53. The highest BCUT2D eigenvalue weighted by Crippen LogP contribution is 2.28. The van der Waals surface area contributed by atoms with Crippen LogP contribution in [0, 0.1) is 0 Å². The topological polar surface area (TPSA) is 33.2 Å². The Balaban J connectivity index is 2.46. The van der Waals surface area contributed by atoms with Crippen molar-refractivity contribution in [2.75, 3.05) is 7.05 Å². The Labute approximate surface area is 123 Å². The van der Waals surface area contributed by atoms with E-state index in [2.05, 4.69) is 11.6 Å². The molecule has 1 amide bonds. The first-order valence-corrected chi connectivity index (χ1v) is 6.56. The lowest BCUT2D eigenvalue weighted by Gasteiger charge is -2.28. The number of aromatic nitrogens is 1. The summed E-state index contributed by atoms with van der Waals surface area (Å²) in [5.74, 6) is -0.137. The highest BCUT2D eigenvalue weighted by atomic mass is 35.5. The molecule has 1 heterocycles. The average molecular weight is 287 g/mol. The first kappa shape index (κ1) is 14.3. The Hall–Kier alpha value is -2.13. The highest BCUT2D eigenvalue weighted by Gasteiger charge is 2.21. The summed E-state index contributed by atoms with van der Waals surface area (Å²) in [6.45, 7) is 3.54. The van der Waals surface area contributed by atoms with Crippen molar-refractivity contribution in [1.29, 1.82) is 0 Å². The summed E-state index contributed by atoms with van der Waals surface area (Å²) in [6.07, 6.45) is 4.74. The van der Waals surface area contributed by atoms with Gasteiger partial charge >= 0.3 is 0 Å². The fourth-order valence-corrected chi connectivity index (χ4v) is 2.23. The van der Waals surface area contributed by atoms with Gasteiger partial charge in [-0.05, 0) is 41.5 Å². The van der Waals surface area contributed by atoms with Gasteiger partial charge in [0.15, 0.2) is 0 Å². The molecule has 2 aromatic rings. The maximum atomic E-state index is 11.9. The third kappa shape index (κ3) is 3.06. The molecule has 0 aliphatic rings. The summed E-state index contributed by atoms with van der Waals surface area (Å²) in [5.41, 5.74) is 1.97. The molecular weight excluding hydrogens is 272 g/mol. The van der Waals surface area contributed by atoms with Crippen LogP contribution in [0.1, 0.15) is 17.2 Å². The zero-order valence-electron chi connectivity index (χ0n) is 11.2. The molecule has 0 saturated carbocycles. The number of hydrogen-bond donors (Lipinski definition) is 0. The van der Waals surface area contributed by atoms with E-state index in [1.54, 1.807) is 24.3 Å². The predicted octanol–water partition coefficient (Wildman–Crippen LogP) is 3.47. The van der Waals surface area contributed by atoms with Crippen LogP contribution in [0.2, 0.25) is 5.02 Å².